The summed E-state index contributed by atoms with van der Waals surface area (Å²) in [4.78, 5) is 2.31. The molecule has 0 unspecified atom stereocenters. The smallest absolute Gasteiger partial charge is 0.135 e. The Morgan fingerprint density at radius 1 is 1.15 bits per heavy atom. The first kappa shape index (κ1) is 20.0. The lowest BCUT2D eigenvalue weighted by Gasteiger charge is -2.12. The summed E-state index contributed by atoms with van der Waals surface area (Å²) >= 11 is 6.44. The summed E-state index contributed by atoms with van der Waals surface area (Å²) in [5, 5.41) is 2.02. The average molecular weight is 404 g/mol. The van der Waals surface area contributed by atoms with E-state index in [0.717, 1.165) is 35.9 Å². The molecule has 2 heterocycles. The molecule has 1 aromatic heterocycles. The summed E-state index contributed by atoms with van der Waals surface area (Å²) in [5.74, 6) is 0.903. The Bertz CT molecular complexity index is 934. The van der Waals surface area contributed by atoms with Gasteiger partial charge in [-0.3, -0.25) is 0 Å². The molecule has 0 amide bonds. The van der Waals surface area contributed by atoms with Gasteiger partial charge in [0, 0.05) is 29.1 Å². The molecular formula is C22H23Cl2NO2. The Morgan fingerprint density at radius 2 is 1.96 bits per heavy atom. The van der Waals surface area contributed by atoms with Crippen molar-refractivity contribution in [2.75, 3.05) is 20.2 Å². The molecule has 0 atom stereocenters. The maximum absolute atomic E-state index is 6.44. The first-order chi connectivity index (χ1) is 12.7. The van der Waals surface area contributed by atoms with Crippen molar-refractivity contribution in [3.63, 3.8) is 0 Å². The van der Waals surface area contributed by atoms with Crippen molar-refractivity contribution in [1.29, 1.82) is 0 Å². The number of hydrogen-bond acceptors (Lipinski definition) is 3. The Labute approximate surface area is 171 Å². The zero-order valence-electron chi connectivity index (χ0n) is 15.3. The molecule has 0 radical (unpaired) electrons. The molecule has 0 spiro atoms. The number of furan rings is 1. The van der Waals surface area contributed by atoms with E-state index in [4.69, 9.17) is 20.8 Å². The van der Waals surface area contributed by atoms with Crippen LogP contribution in [0.5, 0.6) is 0 Å². The van der Waals surface area contributed by atoms with E-state index in [-0.39, 0.29) is 12.4 Å². The number of rotatable bonds is 5. The summed E-state index contributed by atoms with van der Waals surface area (Å²) in [7, 11) is 2.13. The summed E-state index contributed by atoms with van der Waals surface area (Å²) in [5.41, 5.74) is 4.51. The van der Waals surface area contributed by atoms with Gasteiger partial charge in [-0.25, -0.2) is 0 Å². The molecule has 27 heavy (non-hydrogen) atoms. The van der Waals surface area contributed by atoms with Crippen LogP contribution in [0.4, 0.5) is 0 Å². The van der Waals surface area contributed by atoms with Gasteiger partial charge in [0.15, 0.2) is 0 Å². The Hall–Kier alpha value is -1.78. The second kappa shape index (κ2) is 8.94. The van der Waals surface area contributed by atoms with Crippen molar-refractivity contribution in [3.05, 3.63) is 76.0 Å². The molecule has 1 aliphatic heterocycles. The van der Waals surface area contributed by atoms with E-state index in [2.05, 4.69) is 24.1 Å². The predicted octanol–water partition coefficient (Wildman–Crippen LogP) is 5.73. The number of halogens is 2. The molecule has 3 nitrogen and oxygen atoms in total. The normalized spacial score (nSPS) is 14.4. The summed E-state index contributed by atoms with van der Waals surface area (Å²) in [6.07, 6.45) is 4.99. The average Bonchev–Trinajstić information content (AvgIpc) is 2.88. The van der Waals surface area contributed by atoms with E-state index >= 15 is 0 Å². The van der Waals surface area contributed by atoms with Gasteiger partial charge in [-0.2, -0.15) is 0 Å². The molecule has 0 aliphatic carbocycles. The molecule has 1 aliphatic rings. The minimum absolute atomic E-state index is 0. The number of hydrogen-bond donors (Lipinski definition) is 0. The van der Waals surface area contributed by atoms with Gasteiger partial charge in [-0.05, 0) is 42.8 Å². The fourth-order valence-electron chi connectivity index (χ4n) is 3.48. The Kier molecular flexibility index (Phi) is 6.61. The molecule has 0 N–H and O–H groups in total. The minimum Gasteiger partial charge on any atom is -0.456 e. The highest BCUT2D eigenvalue weighted by atomic mass is 35.5. The number of benzene rings is 2. The maximum Gasteiger partial charge on any atom is 0.135 e. The summed E-state index contributed by atoms with van der Waals surface area (Å²) in [6.45, 7) is 3.03. The van der Waals surface area contributed by atoms with Crippen LogP contribution in [0, 0.1) is 0 Å². The zero-order valence-corrected chi connectivity index (χ0v) is 16.9. The van der Waals surface area contributed by atoms with Gasteiger partial charge in [-0.15, -0.1) is 12.4 Å². The number of likely N-dealkylation sites (N-methyl/N-ethyl adjacent to an activating group) is 1. The third kappa shape index (κ3) is 4.39. The molecule has 3 aromatic rings. The van der Waals surface area contributed by atoms with Crippen molar-refractivity contribution in [3.8, 4) is 0 Å². The fourth-order valence-corrected chi connectivity index (χ4v) is 3.73. The van der Waals surface area contributed by atoms with Crippen LogP contribution < -0.4 is 0 Å². The standard InChI is InChI=1S/C22H22ClNO2.ClH/c1-24-12-11-17-19(23)9-10-21-22(17)18(14-24)20(26-21)8-5-13-25-15-16-6-3-2-4-7-16;/h2-10H,11-15H2,1H3;1H. The zero-order chi connectivity index (χ0) is 17.9. The molecule has 4 rings (SSSR count). The van der Waals surface area contributed by atoms with Crippen LogP contribution in [0.2, 0.25) is 5.02 Å². The van der Waals surface area contributed by atoms with E-state index in [9.17, 15) is 0 Å². The van der Waals surface area contributed by atoms with Gasteiger partial charge in [-0.1, -0.05) is 48.0 Å². The Balaban J connectivity index is 0.00000210. The molecule has 0 saturated heterocycles. The topological polar surface area (TPSA) is 25.6 Å². The third-order valence-corrected chi connectivity index (χ3v) is 5.16. The van der Waals surface area contributed by atoms with Crippen molar-refractivity contribution < 1.29 is 9.15 Å². The minimum atomic E-state index is 0. The van der Waals surface area contributed by atoms with Crippen molar-refractivity contribution >= 4 is 41.1 Å². The lowest BCUT2D eigenvalue weighted by Crippen LogP contribution is -2.18. The maximum atomic E-state index is 6.44. The van der Waals surface area contributed by atoms with Crippen molar-refractivity contribution in [2.24, 2.45) is 0 Å². The number of ether oxygens (including phenoxy) is 1. The van der Waals surface area contributed by atoms with Crippen LogP contribution in [0.25, 0.3) is 17.0 Å². The second-order valence-corrected chi connectivity index (χ2v) is 7.14. The largest absolute Gasteiger partial charge is 0.456 e. The fraction of sp³-hybridized carbons (Fsp3) is 0.273. The van der Waals surface area contributed by atoms with Crippen LogP contribution in [0.3, 0.4) is 0 Å². The van der Waals surface area contributed by atoms with Crippen LogP contribution in [0.15, 0.2) is 53.0 Å². The molecule has 142 valence electrons. The summed E-state index contributed by atoms with van der Waals surface area (Å²) in [6, 6.07) is 14.1. The van der Waals surface area contributed by atoms with Gasteiger partial charge in [0.1, 0.15) is 11.3 Å². The van der Waals surface area contributed by atoms with Crippen molar-refractivity contribution in [1.82, 2.24) is 4.90 Å². The highest BCUT2D eigenvalue weighted by molar-refractivity contribution is 6.32. The van der Waals surface area contributed by atoms with Crippen LogP contribution >= 0.6 is 24.0 Å². The summed E-state index contributed by atoms with van der Waals surface area (Å²) < 4.78 is 11.8. The molecule has 2 aromatic carbocycles. The quantitative estimate of drug-likeness (QED) is 0.508. The van der Waals surface area contributed by atoms with Gasteiger partial charge in [0.05, 0.1) is 13.2 Å². The van der Waals surface area contributed by atoms with Gasteiger partial charge < -0.3 is 14.1 Å². The Morgan fingerprint density at radius 3 is 2.78 bits per heavy atom. The predicted molar refractivity (Wildman–Crippen MR) is 114 cm³/mol. The molecule has 0 bridgehead atoms. The molecule has 0 fully saturated rings. The molecular weight excluding hydrogens is 381 g/mol. The lowest BCUT2D eigenvalue weighted by atomic mass is 10.0. The molecule has 5 heteroatoms. The van der Waals surface area contributed by atoms with E-state index < -0.39 is 0 Å². The third-order valence-electron chi connectivity index (χ3n) is 4.80. The van der Waals surface area contributed by atoms with Crippen LogP contribution in [0.1, 0.15) is 22.5 Å². The molecule has 0 saturated carbocycles. The first-order valence-corrected chi connectivity index (χ1v) is 9.29. The van der Waals surface area contributed by atoms with E-state index in [1.807, 2.05) is 42.5 Å². The highest BCUT2D eigenvalue weighted by Gasteiger charge is 2.22. The van der Waals surface area contributed by atoms with Gasteiger partial charge >= 0.3 is 0 Å². The van der Waals surface area contributed by atoms with E-state index in [1.165, 1.54) is 22.1 Å². The second-order valence-electron chi connectivity index (χ2n) is 6.73. The SMILES string of the molecule is CN1CCc2c(Cl)ccc3oc(C=CCOCc4ccccc4)c(c23)C1.Cl. The van der Waals surface area contributed by atoms with E-state index in [1.54, 1.807) is 0 Å². The van der Waals surface area contributed by atoms with E-state index in [0.29, 0.717) is 13.2 Å². The monoisotopic (exact) mass is 403 g/mol. The van der Waals surface area contributed by atoms with Crippen LogP contribution in [-0.2, 0) is 24.3 Å². The number of nitrogens with zero attached hydrogens (tertiary/aromatic N) is 1. The van der Waals surface area contributed by atoms with Gasteiger partial charge in [0.2, 0.25) is 0 Å². The van der Waals surface area contributed by atoms with Crippen molar-refractivity contribution in [2.45, 2.75) is 19.6 Å². The lowest BCUT2D eigenvalue weighted by molar-refractivity contribution is 0.149. The van der Waals surface area contributed by atoms with Crippen LogP contribution in [-0.4, -0.2) is 25.1 Å². The highest BCUT2D eigenvalue weighted by Crippen LogP contribution is 2.36. The first-order valence-electron chi connectivity index (χ1n) is 8.92. The van der Waals surface area contributed by atoms with Gasteiger partial charge in [0.25, 0.3) is 0 Å².